The van der Waals surface area contributed by atoms with Crippen molar-refractivity contribution in [3.05, 3.63) is 59.7 Å². The molecule has 0 aliphatic carbocycles. The Morgan fingerprint density at radius 2 is 1.50 bits per heavy atom. The molecule has 2 aromatic carbocycles. The van der Waals surface area contributed by atoms with Crippen LogP contribution in [0.15, 0.2) is 48.5 Å². The molecular formula is C23H27N3O4. The Hall–Kier alpha value is -3.19. The number of carbonyl (C=O) groups excluding carboxylic acids is 3. The molecule has 0 radical (unpaired) electrons. The van der Waals surface area contributed by atoms with Crippen molar-refractivity contribution in [2.45, 2.75) is 13.8 Å². The summed E-state index contributed by atoms with van der Waals surface area (Å²) >= 11 is 0. The SMILES string of the molecule is CCOC(=O)c1ccc(NC(=O)CN2CCN(c3ccc(C(C)=O)cc3)CC2)cc1. The van der Waals surface area contributed by atoms with Crippen molar-refractivity contribution in [3.8, 4) is 0 Å². The summed E-state index contributed by atoms with van der Waals surface area (Å²) in [6, 6.07) is 14.3. The average molecular weight is 409 g/mol. The van der Waals surface area contributed by atoms with Gasteiger partial charge in [-0.05, 0) is 62.4 Å². The number of piperazine rings is 1. The van der Waals surface area contributed by atoms with E-state index >= 15 is 0 Å². The second kappa shape index (κ2) is 10.0. The van der Waals surface area contributed by atoms with Crippen molar-refractivity contribution < 1.29 is 19.1 Å². The van der Waals surface area contributed by atoms with Crippen LogP contribution in [0.25, 0.3) is 0 Å². The minimum absolute atomic E-state index is 0.0629. The molecule has 7 heteroatoms. The summed E-state index contributed by atoms with van der Waals surface area (Å²) in [6.45, 7) is 7.17. The fourth-order valence-electron chi connectivity index (χ4n) is 3.38. The third kappa shape index (κ3) is 5.67. The monoisotopic (exact) mass is 409 g/mol. The van der Waals surface area contributed by atoms with Crippen molar-refractivity contribution in [2.24, 2.45) is 0 Å². The van der Waals surface area contributed by atoms with Gasteiger partial charge < -0.3 is 15.0 Å². The lowest BCUT2D eigenvalue weighted by molar-refractivity contribution is -0.117. The summed E-state index contributed by atoms with van der Waals surface area (Å²) < 4.78 is 4.95. The molecule has 1 amide bonds. The van der Waals surface area contributed by atoms with Crippen molar-refractivity contribution in [3.63, 3.8) is 0 Å². The van der Waals surface area contributed by atoms with E-state index in [0.29, 0.717) is 30.0 Å². The molecule has 7 nitrogen and oxygen atoms in total. The highest BCUT2D eigenvalue weighted by atomic mass is 16.5. The Morgan fingerprint density at radius 3 is 2.07 bits per heavy atom. The molecule has 30 heavy (non-hydrogen) atoms. The molecule has 0 unspecified atom stereocenters. The van der Waals surface area contributed by atoms with E-state index in [9.17, 15) is 14.4 Å². The van der Waals surface area contributed by atoms with Crippen molar-refractivity contribution in [1.82, 2.24) is 4.90 Å². The number of hydrogen-bond donors (Lipinski definition) is 1. The van der Waals surface area contributed by atoms with Gasteiger partial charge in [-0.2, -0.15) is 0 Å². The van der Waals surface area contributed by atoms with E-state index in [1.807, 2.05) is 24.3 Å². The molecule has 1 aliphatic rings. The molecular weight excluding hydrogens is 382 g/mol. The number of anilines is 2. The number of hydrogen-bond acceptors (Lipinski definition) is 6. The van der Waals surface area contributed by atoms with E-state index in [1.165, 1.54) is 0 Å². The number of esters is 1. The van der Waals surface area contributed by atoms with Crippen LogP contribution < -0.4 is 10.2 Å². The highest BCUT2D eigenvalue weighted by Crippen LogP contribution is 2.18. The van der Waals surface area contributed by atoms with Gasteiger partial charge in [0.15, 0.2) is 5.78 Å². The number of carbonyl (C=O) groups is 3. The van der Waals surface area contributed by atoms with Crippen molar-refractivity contribution >= 4 is 29.0 Å². The molecule has 158 valence electrons. The first kappa shape index (κ1) is 21.5. The van der Waals surface area contributed by atoms with Crippen LogP contribution in [0.2, 0.25) is 0 Å². The van der Waals surface area contributed by atoms with Crippen LogP contribution in [-0.4, -0.2) is 61.9 Å². The van der Waals surface area contributed by atoms with Crippen molar-refractivity contribution in [2.75, 3.05) is 49.5 Å². The number of benzene rings is 2. The fourth-order valence-corrected chi connectivity index (χ4v) is 3.38. The lowest BCUT2D eigenvalue weighted by atomic mass is 10.1. The molecule has 2 aromatic rings. The molecule has 0 aromatic heterocycles. The number of ketones is 1. The lowest BCUT2D eigenvalue weighted by Gasteiger charge is -2.35. The summed E-state index contributed by atoms with van der Waals surface area (Å²) in [5.41, 5.74) is 2.91. The average Bonchev–Trinajstić information content (AvgIpc) is 2.75. The number of Topliss-reactive ketones (excluding diaryl/α,β-unsaturated/α-hetero) is 1. The first-order valence-electron chi connectivity index (χ1n) is 10.1. The van der Waals surface area contributed by atoms with Crippen LogP contribution in [0.3, 0.4) is 0 Å². The minimum Gasteiger partial charge on any atom is -0.462 e. The van der Waals surface area contributed by atoms with Crippen LogP contribution >= 0.6 is 0 Å². The zero-order valence-corrected chi connectivity index (χ0v) is 17.4. The third-order valence-corrected chi connectivity index (χ3v) is 5.06. The lowest BCUT2D eigenvalue weighted by Crippen LogP contribution is -2.48. The Kier molecular flexibility index (Phi) is 7.19. The summed E-state index contributed by atoms with van der Waals surface area (Å²) in [5, 5.41) is 2.87. The molecule has 1 heterocycles. The molecule has 1 N–H and O–H groups in total. The third-order valence-electron chi connectivity index (χ3n) is 5.06. The molecule has 0 atom stereocenters. The second-order valence-corrected chi connectivity index (χ2v) is 7.21. The number of ether oxygens (including phenoxy) is 1. The quantitative estimate of drug-likeness (QED) is 0.560. The molecule has 3 rings (SSSR count). The standard InChI is InChI=1S/C23H27N3O4/c1-3-30-23(29)19-4-8-20(9-5-19)24-22(28)16-25-12-14-26(15-13-25)21-10-6-18(7-11-21)17(2)27/h4-11H,3,12-16H2,1-2H3,(H,24,28). The van der Waals surface area contributed by atoms with Gasteiger partial charge in [0, 0.05) is 43.1 Å². The van der Waals surface area contributed by atoms with Crippen LogP contribution in [0, 0.1) is 0 Å². The van der Waals surface area contributed by atoms with E-state index in [-0.39, 0.29) is 17.7 Å². The Balaban J connectivity index is 1.46. The van der Waals surface area contributed by atoms with Crippen LogP contribution in [-0.2, 0) is 9.53 Å². The van der Waals surface area contributed by atoms with Gasteiger partial charge in [0.05, 0.1) is 18.7 Å². The molecule has 1 aliphatic heterocycles. The van der Waals surface area contributed by atoms with Gasteiger partial charge in [0.25, 0.3) is 0 Å². The smallest absolute Gasteiger partial charge is 0.338 e. The summed E-state index contributed by atoms with van der Waals surface area (Å²) in [6.07, 6.45) is 0. The van der Waals surface area contributed by atoms with Crippen LogP contribution in [0.4, 0.5) is 11.4 Å². The highest BCUT2D eigenvalue weighted by molar-refractivity contribution is 5.94. The predicted molar refractivity (Wildman–Crippen MR) is 116 cm³/mol. The number of nitrogens with zero attached hydrogens (tertiary/aromatic N) is 2. The van der Waals surface area contributed by atoms with Crippen molar-refractivity contribution in [1.29, 1.82) is 0 Å². The predicted octanol–water partition coefficient (Wildman–Crippen LogP) is 2.83. The summed E-state index contributed by atoms with van der Waals surface area (Å²) in [4.78, 5) is 39.8. The first-order chi connectivity index (χ1) is 14.5. The van der Waals surface area contributed by atoms with Gasteiger partial charge in [-0.1, -0.05) is 0 Å². The molecule has 0 spiro atoms. The van der Waals surface area contributed by atoms with Gasteiger partial charge >= 0.3 is 5.97 Å². The maximum atomic E-state index is 12.4. The summed E-state index contributed by atoms with van der Waals surface area (Å²) in [5.74, 6) is -0.393. The topological polar surface area (TPSA) is 79.0 Å². The number of amides is 1. The maximum absolute atomic E-state index is 12.4. The van der Waals surface area contributed by atoms with Crippen LogP contribution in [0.1, 0.15) is 34.6 Å². The van der Waals surface area contributed by atoms with E-state index in [2.05, 4.69) is 15.1 Å². The van der Waals surface area contributed by atoms with Gasteiger partial charge in [-0.15, -0.1) is 0 Å². The van der Waals surface area contributed by atoms with Gasteiger partial charge in [0.1, 0.15) is 0 Å². The highest BCUT2D eigenvalue weighted by Gasteiger charge is 2.19. The zero-order valence-electron chi connectivity index (χ0n) is 17.4. The van der Waals surface area contributed by atoms with E-state index in [1.54, 1.807) is 38.1 Å². The Labute approximate surface area is 176 Å². The Bertz CT molecular complexity index is 886. The van der Waals surface area contributed by atoms with Gasteiger partial charge in [0.2, 0.25) is 5.91 Å². The fraction of sp³-hybridized carbons (Fsp3) is 0.348. The normalized spacial score (nSPS) is 14.3. The van der Waals surface area contributed by atoms with E-state index in [0.717, 1.165) is 31.9 Å². The van der Waals surface area contributed by atoms with Gasteiger partial charge in [-0.3, -0.25) is 14.5 Å². The molecule has 0 bridgehead atoms. The van der Waals surface area contributed by atoms with Gasteiger partial charge in [-0.25, -0.2) is 4.79 Å². The largest absolute Gasteiger partial charge is 0.462 e. The summed E-state index contributed by atoms with van der Waals surface area (Å²) in [7, 11) is 0. The number of rotatable bonds is 7. The Morgan fingerprint density at radius 1 is 0.900 bits per heavy atom. The number of nitrogens with one attached hydrogen (secondary N) is 1. The van der Waals surface area contributed by atoms with E-state index in [4.69, 9.17) is 4.74 Å². The first-order valence-corrected chi connectivity index (χ1v) is 10.1. The molecule has 0 saturated carbocycles. The zero-order chi connectivity index (χ0) is 21.5. The van der Waals surface area contributed by atoms with E-state index < -0.39 is 0 Å². The molecule has 1 fully saturated rings. The second-order valence-electron chi connectivity index (χ2n) is 7.21. The minimum atomic E-state index is -0.371. The molecule has 1 saturated heterocycles. The maximum Gasteiger partial charge on any atom is 0.338 e. The van der Waals surface area contributed by atoms with Crippen LogP contribution in [0.5, 0.6) is 0 Å².